The Labute approximate surface area is 117 Å². The van der Waals surface area contributed by atoms with Crippen molar-refractivity contribution < 1.29 is 4.79 Å². The van der Waals surface area contributed by atoms with Gasteiger partial charge in [0, 0.05) is 0 Å². The summed E-state index contributed by atoms with van der Waals surface area (Å²) in [5.74, 6) is -0.142. The number of hydrogen-bond donors (Lipinski definition) is 1. The highest BCUT2D eigenvalue weighted by molar-refractivity contribution is 9.11. The summed E-state index contributed by atoms with van der Waals surface area (Å²) in [5.41, 5.74) is 1.68. The molecule has 0 spiro atoms. The molecule has 0 aliphatic heterocycles. The van der Waals surface area contributed by atoms with Gasteiger partial charge in [-0.3, -0.25) is 4.79 Å². The van der Waals surface area contributed by atoms with Gasteiger partial charge in [-0.2, -0.15) is 0 Å². The Morgan fingerprint density at radius 2 is 2.12 bits per heavy atom. The fourth-order valence-corrected chi connectivity index (χ4v) is 2.93. The normalized spacial score (nSPS) is 10.3. The van der Waals surface area contributed by atoms with Gasteiger partial charge < -0.3 is 5.32 Å². The van der Waals surface area contributed by atoms with Gasteiger partial charge in [-0.15, -0.1) is 11.3 Å². The maximum atomic E-state index is 12.0. The number of thiophene rings is 1. The maximum Gasteiger partial charge on any atom is 0.265 e. The smallest absolute Gasteiger partial charge is 0.265 e. The standard InChI is InChI=1S/C12H9BrClNOS/c1-7-6-10(17-11(7)13)12(16)15-9-5-3-2-4-8(9)14/h2-6H,1H3,(H,15,16). The van der Waals surface area contributed by atoms with Gasteiger partial charge in [0.25, 0.3) is 5.91 Å². The monoisotopic (exact) mass is 329 g/mol. The van der Waals surface area contributed by atoms with Crippen molar-refractivity contribution in [1.29, 1.82) is 0 Å². The summed E-state index contributed by atoms with van der Waals surface area (Å²) in [4.78, 5) is 12.6. The highest BCUT2D eigenvalue weighted by Gasteiger charge is 2.12. The van der Waals surface area contributed by atoms with Crippen LogP contribution in [0.15, 0.2) is 34.1 Å². The molecule has 88 valence electrons. The van der Waals surface area contributed by atoms with E-state index in [0.717, 1.165) is 9.35 Å². The molecular formula is C12H9BrClNOS. The van der Waals surface area contributed by atoms with Gasteiger partial charge in [0.2, 0.25) is 0 Å². The van der Waals surface area contributed by atoms with Crippen molar-refractivity contribution in [2.75, 3.05) is 5.32 Å². The van der Waals surface area contributed by atoms with Crippen molar-refractivity contribution in [3.63, 3.8) is 0 Å². The molecule has 0 radical (unpaired) electrons. The highest BCUT2D eigenvalue weighted by Crippen LogP contribution is 2.28. The van der Waals surface area contributed by atoms with E-state index in [0.29, 0.717) is 15.6 Å². The molecule has 0 aliphatic rings. The highest BCUT2D eigenvalue weighted by atomic mass is 79.9. The van der Waals surface area contributed by atoms with E-state index in [-0.39, 0.29) is 5.91 Å². The number of hydrogen-bond acceptors (Lipinski definition) is 2. The number of amides is 1. The molecule has 1 aromatic heterocycles. The first-order valence-electron chi connectivity index (χ1n) is 4.90. The first-order valence-corrected chi connectivity index (χ1v) is 6.88. The number of para-hydroxylation sites is 1. The van der Waals surface area contributed by atoms with Crippen LogP contribution in [0.1, 0.15) is 15.2 Å². The van der Waals surface area contributed by atoms with E-state index < -0.39 is 0 Å². The molecule has 1 heterocycles. The van der Waals surface area contributed by atoms with E-state index in [1.165, 1.54) is 11.3 Å². The van der Waals surface area contributed by atoms with Crippen molar-refractivity contribution in [3.05, 3.63) is 49.6 Å². The average Bonchev–Trinajstić information content (AvgIpc) is 2.63. The van der Waals surface area contributed by atoms with Crippen molar-refractivity contribution in [1.82, 2.24) is 0 Å². The Bertz CT molecular complexity index is 548. The van der Waals surface area contributed by atoms with Crippen molar-refractivity contribution in [3.8, 4) is 0 Å². The summed E-state index contributed by atoms with van der Waals surface area (Å²) in [6.07, 6.45) is 0. The number of carbonyl (C=O) groups is 1. The molecule has 1 N–H and O–H groups in total. The Morgan fingerprint density at radius 3 is 2.71 bits per heavy atom. The van der Waals surface area contributed by atoms with E-state index in [9.17, 15) is 4.79 Å². The van der Waals surface area contributed by atoms with Gasteiger partial charge in [-0.1, -0.05) is 23.7 Å². The van der Waals surface area contributed by atoms with Crippen LogP contribution in [0.2, 0.25) is 5.02 Å². The Hall–Kier alpha value is -0.840. The first kappa shape index (κ1) is 12.6. The van der Waals surface area contributed by atoms with Crippen LogP contribution in [0.25, 0.3) is 0 Å². The second-order valence-corrected chi connectivity index (χ2v) is 6.28. The molecule has 0 saturated heterocycles. The van der Waals surface area contributed by atoms with Crippen LogP contribution in [0.3, 0.4) is 0 Å². The molecule has 17 heavy (non-hydrogen) atoms. The summed E-state index contributed by atoms with van der Waals surface area (Å²) < 4.78 is 0.974. The molecule has 5 heteroatoms. The van der Waals surface area contributed by atoms with Crippen molar-refractivity contribution in [2.24, 2.45) is 0 Å². The predicted molar refractivity (Wildman–Crippen MR) is 76.2 cm³/mol. The van der Waals surface area contributed by atoms with Crippen molar-refractivity contribution in [2.45, 2.75) is 6.92 Å². The average molecular weight is 331 g/mol. The third-order valence-electron chi connectivity index (χ3n) is 2.20. The van der Waals surface area contributed by atoms with Crippen LogP contribution in [-0.4, -0.2) is 5.91 Å². The first-order chi connectivity index (χ1) is 8.08. The van der Waals surface area contributed by atoms with Crippen LogP contribution in [0.5, 0.6) is 0 Å². The lowest BCUT2D eigenvalue weighted by Gasteiger charge is -2.04. The SMILES string of the molecule is Cc1cc(C(=O)Nc2ccccc2Cl)sc1Br. The van der Waals surface area contributed by atoms with E-state index in [4.69, 9.17) is 11.6 Å². The Balaban J connectivity index is 2.20. The topological polar surface area (TPSA) is 29.1 Å². The summed E-state index contributed by atoms with van der Waals surface area (Å²) in [6.45, 7) is 1.95. The van der Waals surface area contributed by atoms with E-state index in [1.807, 2.05) is 25.1 Å². The molecule has 1 amide bonds. The summed E-state index contributed by atoms with van der Waals surface area (Å²) in [5, 5.41) is 3.32. The van der Waals surface area contributed by atoms with E-state index in [1.54, 1.807) is 12.1 Å². The van der Waals surface area contributed by atoms with Crippen LogP contribution in [0.4, 0.5) is 5.69 Å². The minimum Gasteiger partial charge on any atom is -0.320 e. The number of halogens is 2. The van der Waals surface area contributed by atoms with Gasteiger partial charge in [-0.05, 0) is 46.6 Å². The zero-order chi connectivity index (χ0) is 12.4. The third kappa shape index (κ3) is 2.89. The molecule has 0 unspecified atom stereocenters. The fraction of sp³-hybridized carbons (Fsp3) is 0.0833. The lowest BCUT2D eigenvalue weighted by Crippen LogP contribution is -2.10. The zero-order valence-electron chi connectivity index (χ0n) is 8.96. The van der Waals surface area contributed by atoms with E-state index >= 15 is 0 Å². The molecular weight excluding hydrogens is 322 g/mol. The number of aryl methyl sites for hydroxylation is 1. The second kappa shape index (κ2) is 5.21. The maximum absolute atomic E-state index is 12.0. The molecule has 0 fully saturated rings. The lowest BCUT2D eigenvalue weighted by atomic mass is 10.3. The van der Waals surface area contributed by atoms with Gasteiger partial charge in [-0.25, -0.2) is 0 Å². The summed E-state index contributed by atoms with van der Waals surface area (Å²) in [6, 6.07) is 9.02. The largest absolute Gasteiger partial charge is 0.320 e. The Morgan fingerprint density at radius 1 is 1.41 bits per heavy atom. The van der Waals surface area contributed by atoms with Gasteiger partial charge in [0.05, 0.1) is 19.4 Å². The number of benzene rings is 1. The van der Waals surface area contributed by atoms with Crippen LogP contribution in [0, 0.1) is 6.92 Å². The van der Waals surface area contributed by atoms with Gasteiger partial charge >= 0.3 is 0 Å². The Kier molecular flexibility index (Phi) is 3.86. The molecule has 2 rings (SSSR count). The van der Waals surface area contributed by atoms with Crippen LogP contribution < -0.4 is 5.32 Å². The minimum atomic E-state index is -0.142. The summed E-state index contributed by atoms with van der Waals surface area (Å²) in [7, 11) is 0. The second-order valence-electron chi connectivity index (χ2n) is 3.50. The lowest BCUT2D eigenvalue weighted by molar-refractivity contribution is 0.103. The number of rotatable bonds is 2. The number of nitrogens with one attached hydrogen (secondary N) is 1. The number of anilines is 1. The molecule has 0 aliphatic carbocycles. The van der Waals surface area contributed by atoms with Crippen molar-refractivity contribution >= 4 is 50.5 Å². The molecule has 2 nitrogen and oxygen atoms in total. The number of carbonyl (C=O) groups excluding carboxylic acids is 1. The third-order valence-corrected chi connectivity index (χ3v) is 4.67. The quantitative estimate of drug-likeness (QED) is 0.847. The zero-order valence-corrected chi connectivity index (χ0v) is 12.1. The molecule has 0 atom stereocenters. The molecule has 2 aromatic rings. The summed E-state index contributed by atoms with van der Waals surface area (Å²) >= 11 is 10.8. The fourth-order valence-electron chi connectivity index (χ4n) is 1.32. The van der Waals surface area contributed by atoms with Gasteiger partial charge in [0.15, 0.2) is 0 Å². The van der Waals surface area contributed by atoms with Crippen LogP contribution >= 0.6 is 38.9 Å². The molecule has 1 aromatic carbocycles. The minimum absolute atomic E-state index is 0.142. The van der Waals surface area contributed by atoms with E-state index in [2.05, 4.69) is 21.2 Å². The van der Waals surface area contributed by atoms with Crippen LogP contribution in [-0.2, 0) is 0 Å². The van der Waals surface area contributed by atoms with Gasteiger partial charge in [0.1, 0.15) is 0 Å². The predicted octanol–water partition coefficient (Wildman–Crippen LogP) is 4.72. The molecule has 0 saturated carbocycles. The molecule has 0 bridgehead atoms.